The molecule has 0 bridgehead atoms. The zero-order valence-corrected chi connectivity index (χ0v) is 10.00. The second-order valence-electron chi connectivity index (χ2n) is 2.82. The zero-order chi connectivity index (χ0) is 11.7. The molecule has 0 aliphatic heterocycles. The Hall–Kier alpha value is -0.120. The average Bonchev–Trinajstić information content (AvgIpc) is 2.18. The number of rotatable bonds is 5. The van der Waals surface area contributed by atoms with Gasteiger partial charge in [0.15, 0.2) is 0 Å². The average molecular weight is 208 g/mol. The summed E-state index contributed by atoms with van der Waals surface area (Å²) in [5, 5.41) is 23.8. The van der Waals surface area contributed by atoms with Crippen molar-refractivity contribution in [3.05, 3.63) is 0 Å². The van der Waals surface area contributed by atoms with Gasteiger partial charge in [0, 0.05) is 19.8 Å². The van der Waals surface area contributed by atoms with Gasteiger partial charge in [0.05, 0.1) is 0 Å². The summed E-state index contributed by atoms with van der Waals surface area (Å²) in [5.74, 6) is 0. The van der Waals surface area contributed by atoms with Crippen LogP contribution in [0.1, 0.15) is 52.9 Å². The first-order valence-corrected chi connectivity index (χ1v) is 5.57. The van der Waals surface area contributed by atoms with Gasteiger partial charge >= 0.3 is 0 Å². The summed E-state index contributed by atoms with van der Waals surface area (Å²) in [5.41, 5.74) is 0. The highest BCUT2D eigenvalue weighted by molar-refractivity contribution is 4.30. The summed E-state index contributed by atoms with van der Waals surface area (Å²) in [6, 6.07) is 0. The molecule has 3 nitrogen and oxygen atoms in total. The van der Waals surface area contributed by atoms with E-state index in [4.69, 9.17) is 15.3 Å². The zero-order valence-electron chi connectivity index (χ0n) is 10.00. The largest absolute Gasteiger partial charge is 0.397 e. The Labute approximate surface area is 88.8 Å². The molecule has 3 heteroatoms. The van der Waals surface area contributed by atoms with Crippen LogP contribution in [-0.2, 0) is 0 Å². The maximum absolute atomic E-state index is 8.20. The fraction of sp³-hybridized carbons (Fsp3) is 1.00. The molecule has 0 aromatic heterocycles. The van der Waals surface area contributed by atoms with Crippen molar-refractivity contribution in [2.75, 3.05) is 19.8 Å². The predicted molar refractivity (Wildman–Crippen MR) is 61.4 cm³/mol. The van der Waals surface area contributed by atoms with Crippen molar-refractivity contribution in [1.29, 1.82) is 0 Å². The van der Waals surface area contributed by atoms with Gasteiger partial charge in [0.25, 0.3) is 0 Å². The molecule has 0 radical (unpaired) electrons. The minimum atomic E-state index is 0.250. The highest BCUT2D eigenvalue weighted by atomic mass is 16.3. The highest BCUT2D eigenvalue weighted by Crippen LogP contribution is 1.89. The third kappa shape index (κ3) is 59.1. The third-order valence-electron chi connectivity index (χ3n) is 1.27. The number of unbranched alkanes of at least 4 members (excludes halogenated alkanes) is 3. The smallest absolute Gasteiger partial charge is 0.0431 e. The van der Waals surface area contributed by atoms with Crippen LogP contribution in [0.4, 0.5) is 0 Å². The van der Waals surface area contributed by atoms with Crippen LogP contribution in [0.3, 0.4) is 0 Å². The van der Waals surface area contributed by atoms with E-state index < -0.39 is 0 Å². The van der Waals surface area contributed by atoms with Crippen LogP contribution in [0.5, 0.6) is 0 Å². The van der Waals surface area contributed by atoms with E-state index in [-0.39, 0.29) is 6.61 Å². The van der Waals surface area contributed by atoms with Crippen LogP contribution in [0, 0.1) is 0 Å². The van der Waals surface area contributed by atoms with Gasteiger partial charge in [0.1, 0.15) is 0 Å². The number of hydrogen-bond acceptors (Lipinski definition) is 3. The summed E-state index contributed by atoms with van der Waals surface area (Å²) in [6.07, 6.45) is 5.37. The monoisotopic (exact) mass is 208 g/mol. The molecular formula is C11H28O3. The Kier molecular flexibility index (Phi) is 40.7. The first-order chi connectivity index (χ1) is 6.74. The van der Waals surface area contributed by atoms with E-state index in [0.717, 1.165) is 25.7 Å². The standard InChI is InChI=1S/C5H12O.C4H10O.C2H6O/c1-2-3-4-5-6;1-2-3-4-5;1-2-3/h6H,2-5H2,1H3;5H,2-4H2,1H3;3H,2H2,1H3. The van der Waals surface area contributed by atoms with Crippen LogP contribution in [0.25, 0.3) is 0 Å². The lowest BCUT2D eigenvalue weighted by Gasteiger charge is -1.85. The molecule has 0 saturated carbocycles. The molecule has 14 heavy (non-hydrogen) atoms. The summed E-state index contributed by atoms with van der Waals surface area (Å²) < 4.78 is 0. The molecule has 0 aliphatic carbocycles. The molecule has 0 unspecified atom stereocenters. The minimum Gasteiger partial charge on any atom is -0.397 e. The van der Waals surface area contributed by atoms with Crippen molar-refractivity contribution in [2.45, 2.75) is 52.9 Å². The summed E-state index contributed by atoms with van der Waals surface area (Å²) in [4.78, 5) is 0. The lowest BCUT2D eigenvalue weighted by Crippen LogP contribution is -1.78. The molecule has 0 rings (SSSR count). The second kappa shape index (κ2) is 29.3. The van der Waals surface area contributed by atoms with Gasteiger partial charge in [-0.1, -0.05) is 33.1 Å². The second-order valence-corrected chi connectivity index (χ2v) is 2.82. The molecule has 0 spiro atoms. The normalized spacial score (nSPS) is 8.14. The van der Waals surface area contributed by atoms with Gasteiger partial charge in [-0.05, 0) is 19.8 Å². The van der Waals surface area contributed by atoms with E-state index in [1.165, 1.54) is 6.42 Å². The summed E-state index contributed by atoms with van der Waals surface area (Å²) in [6.45, 7) is 6.80. The van der Waals surface area contributed by atoms with Crippen molar-refractivity contribution < 1.29 is 15.3 Å². The van der Waals surface area contributed by atoms with Gasteiger partial charge < -0.3 is 15.3 Å². The van der Waals surface area contributed by atoms with Gasteiger partial charge in [-0.2, -0.15) is 0 Å². The maximum Gasteiger partial charge on any atom is 0.0431 e. The molecule has 0 aliphatic rings. The van der Waals surface area contributed by atoms with Crippen LogP contribution in [-0.4, -0.2) is 35.1 Å². The quantitative estimate of drug-likeness (QED) is 0.605. The fourth-order valence-corrected chi connectivity index (χ4v) is 0.520. The van der Waals surface area contributed by atoms with E-state index in [1.54, 1.807) is 6.92 Å². The van der Waals surface area contributed by atoms with Crippen molar-refractivity contribution >= 4 is 0 Å². The molecule has 0 amide bonds. The van der Waals surface area contributed by atoms with Crippen LogP contribution < -0.4 is 0 Å². The lowest BCUT2D eigenvalue weighted by molar-refractivity contribution is 0.284. The Morgan fingerprint density at radius 3 is 1.07 bits per heavy atom. The van der Waals surface area contributed by atoms with Crippen molar-refractivity contribution in [3.8, 4) is 0 Å². The van der Waals surface area contributed by atoms with Crippen LogP contribution in [0.15, 0.2) is 0 Å². The van der Waals surface area contributed by atoms with E-state index in [0.29, 0.717) is 13.2 Å². The Balaban J connectivity index is -0.000000138. The summed E-state index contributed by atoms with van der Waals surface area (Å²) in [7, 11) is 0. The molecule has 0 aromatic carbocycles. The number of aliphatic hydroxyl groups is 3. The lowest BCUT2D eigenvalue weighted by atomic mass is 10.3. The molecule has 90 valence electrons. The van der Waals surface area contributed by atoms with E-state index in [1.807, 2.05) is 0 Å². The SMILES string of the molecule is CCCCCO.CCCCO.CCO. The topological polar surface area (TPSA) is 60.7 Å². The first kappa shape index (κ1) is 19.5. The third-order valence-corrected chi connectivity index (χ3v) is 1.27. The van der Waals surface area contributed by atoms with Gasteiger partial charge in [0.2, 0.25) is 0 Å². The fourth-order valence-electron chi connectivity index (χ4n) is 0.520. The van der Waals surface area contributed by atoms with Crippen molar-refractivity contribution in [2.24, 2.45) is 0 Å². The molecular weight excluding hydrogens is 180 g/mol. The summed E-state index contributed by atoms with van der Waals surface area (Å²) >= 11 is 0. The number of hydrogen-bond donors (Lipinski definition) is 3. The van der Waals surface area contributed by atoms with E-state index >= 15 is 0 Å². The van der Waals surface area contributed by atoms with Crippen LogP contribution >= 0.6 is 0 Å². The Morgan fingerprint density at radius 2 is 1.00 bits per heavy atom. The molecule has 0 heterocycles. The molecule has 0 fully saturated rings. The Morgan fingerprint density at radius 1 is 0.643 bits per heavy atom. The van der Waals surface area contributed by atoms with Gasteiger partial charge in [-0.3, -0.25) is 0 Å². The van der Waals surface area contributed by atoms with E-state index in [9.17, 15) is 0 Å². The highest BCUT2D eigenvalue weighted by Gasteiger charge is 1.76. The molecule has 0 atom stereocenters. The molecule has 3 N–H and O–H groups in total. The van der Waals surface area contributed by atoms with Crippen molar-refractivity contribution in [1.82, 2.24) is 0 Å². The van der Waals surface area contributed by atoms with Crippen molar-refractivity contribution in [3.63, 3.8) is 0 Å². The molecule has 0 aromatic rings. The molecule has 0 saturated heterocycles. The Bertz CT molecular complexity index is 52.5. The minimum absolute atomic E-state index is 0.250. The van der Waals surface area contributed by atoms with Gasteiger partial charge in [-0.15, -0.1) is 0 Å². The maximum atomic E-state index is 8.20. The van der Waals surface area contributed by atoms with Gasteiger partial charge in [-0.25, -0.2) is 0 Å². The van der Waals surface area contributed by atoms with E-state index in [2.05, 4.69) is 13.8 Å². The predicted octanol–water partition coefficient (Wildman–Crippen LogP) is 1.95. The van der Waals surface area contributed by atoms with Crippen LogP contribution in [0.2, 0.25) is 0 Å². The number of aliphatic hydroxyl groups excluding tert-OH is 3. The first-order valence-electron chi connectivity index (χ1n) is 5.57.